The van der Waals surface area contributed by atoms with Crippen LogP contribution in [0.15, 0.2) is 67.4 Å². The van der Waals surface area contributed by atoms with E-state index in [0.717, 1.165) is 23.6 Å². The second-order valence-electron chi connectivity index (χ2n) is 11.0. The van der Waals surface area contributed by atoms with Crippen LogP contribution in [0.4, 0.5) is 30.5 Å². The van der Waals surface area contributed by atoms with Crippen molar-refractivity contribution in [2.75, 3.05) is 31.3 Å². The normalized spacial score (nSPS) is 16.9. The molecule has 1 amide bonds. The van der Waals surface area contributed by atoms with Gasteiger partial charge in [-0.25, -0.2) is 19.9 Å². The molecule has 44 heavy (non-hydrogen) atoms. The standard InChI is InChI=1S/C31H33F3N8O.ClH/c1-19-5-8-24(13-28(19)40-30-37-10-9-27(39-30)23-14-35-18-36-15-23)38-29(43)21-6-7-22(26(12-21)31(32,33)34)16-42-17-25(41(3)4)11-20(42)2;/h5-10,12-15,18,20,25H,11,16-17H2,1-4H3,(H,38,43)(H,37,39,40);1H/t20-,25+;/m1./s1. The van der Waals surface area contributed by atoms with Gasteiger partial charge in [0.15, 0.2) is 0 Å². The zero-order chi connectivity index (χ0) is 30.7. The lowest BCUT2D eigenvalue weighted by Gasteiger charge is -2.24. The highest BCUT2D eigenvalue weighted by Gasteiger charge is 2.36. The summed E-state index contributed by atoms with van der Waals surface area (Å²) in [7, 11) is 3.96. The molecule has 1 fully saturated rings. The van der Waals surface area contributed by atoms with Crippen LogP contribution in [0.2, 0.25) is 0 Å². The molecule has 1 aliphatic heterocycles. The summed E-state index contributed by atoms with van der Waals surface area (Å²) in [5, 5.41) is 5.88. The van der Waals surface area contributed by atoms with E-state index in [4.69, 9.17) is 0 Å². The number of amides is 1. The third-order valence-electron chi connectivity index (χ3n) is 7.72. The second-order valence-corrected chi connectivity index (χ2v) is 11.0. The van der Waals surface area contributed by atoms with Crippen LogP contribution in [0.25, 0.3) is 11.3 Å². The van der Waals surface area contributed by atoms with E-state index >= 15 is 0 Å². The monoisotopic (exact) mass is 626 g/mol. The lowest BCUT2D eigenvalue weighted by molar-refractivity contribution is -0.138. The van der Waals surface area contributed by atoms with Gasteiger partial charge in [0, 0.05) is 66.3 Å². The topological polar surface area (TPSA) is 99.2 Å². The first kappa shape index (κ1) is 32.8. The lowest BCUT2D eigenvalue weighted by Crippen LogP contribution is -2.32. The fourth-order valence-corrected chi connectivity index (χ4v) is 5.17. The molecule has 0 radical (unpaired) electrons. The molecule has 2 aromatic heterocycles. The van der Waals surface area contributed by atoms with Crippen molar-refractivity contribution in [2.45, 2.75) is 45.1 Å². The van der Waals surface area contributed by atoms with E-state index in [1.54, 1.807) is 42.9 Å². The molecule has 2 aromatic carbocycles. The van der Waals surface area contributed by atoms with Gasteiger partial charge in [0.1, 0.15) is 6.33 Å². The molecule has 3 heterocycles. The number of aromatic nitrogens is 4. The Bertz CT molecular complexity index is 1600. The van der Waals surface area contributed by atoms with Crippen LogP contribution >= 0.6 is 12.4 Å². The van der Waals surface area contributed by atoms with Gasteiger partial charge < -0.3 is 15.5 Å². The van der Waals surface area contributed by atoms with Crippen LogP contribution < -0.4 is 10.6 Å². The smallest absolute Gasteiger partial charge is 0.324 e. The van der Waals surface area contributed by atoms with E-state index in [-0.39, 0.29) is 42.2 Å². The second kappa shape index (κ2) is 13.7. The number of halogens is 4. The summed E-state index contributed by atoms with van der Waals surface area (Å²) in [6.07, 6.45) is 2.61. The average Bonchev–Trinajstić information content (AvgIpc) is 3.35. The number of likely N-dealkylation sites (tertiary alicyclic amines) is 1. The van der Waals surface area contributed by atoms with E-state index in [1.165, 1.54) is 18.5 Å². The van der Waals surface area contributed by atoms with E-state index in [1.807, 2.05) is 27.9 Å². The zero-order valence-electron chi connectivity index (χ0n) is 24.8. The van der Waals surface area contributed by atoms with Crippen molar-refractivity contribution in [3.8, 4) is 11.3 Å². The third-order valence-corrected chi connectivity index (χ3v) is 7.72. The predicted octanol–water partition coefficient (Wildman–Crippen LogP) is 6.20. The molecule has 0 spiro atoms. The molecule has 4 aromatic rings. The number of hydrogen-bond donors (Lipinski definition) is 2. The van der Waals surface area contributed by atoms with Gasteiger partial charge in [0.2, 0.25) is 5.95 Å². The number of alkyl halides is 3. The van der Waals surface area contributed by atoms with Crippen molar-refractivity contribution in [3.63, 3.8) is 0 Å². The summed E-state index contributed by atoms with van der Waals surface area (Å²) in [6.45, 7) is 4.76. The first-order chi connectivity index (χ1) is 20.5. The van der Waals surface area contributed by atoms with Crippen molar-refractivity contribution in [1.82, 2.24) is 29.7 Å². The van der Waals surface area contributed by atoms with Gasteiger partial charge in [-0.1, -0.05) is 12.1 Å². The van der Waals surface area contributed by atoms with Crippen LogP contribution in [0.3, 0.4) is 0 Å². The quantitative estimate of drug-likeness (QED) is 0.238. The number of nitrogens with zero attached hydrogens (tertiary/aromatic N) is 6. The maximum atomic E-state index is 14.2. The first-order valence-corrected chi connectivity index (χ1v) is 13.9. The molecule has 2 N–H and O–H groups in total. The van der Waals surface area contributed by atoms with Crippen LogP contribution in [0.5, 0.6) is 0 Å². The summed E-state index contributed by atoms with van der Waals surface area (Å²) in [6, 6.07) is 11.1. The van der Waals surface area contributed by atoms with E-state index in [9.17, 15) is 18.0 Å². The average molecular weight is 627 g/mol. The summed E-state index contributed by atoms with van der Waals surface area (Å²) < 4.78 is 42.5. The number of aryl methyl sites for hydroxylation is 1. The lowest BCUT2D eigenvalue weighted by atomic mass is 10.0. The zero-order valence-corrected chi connectivity index (χ0v) is 25.6. The van der Waals surface area contributed by atoms with Gasteiger partial charge in [0.25, 0.3) is 5.91 Å². The van der Waals surface area contributed by atoms with Crippen molar-refractivity contribution in [2.24, 2.45) is 0 Å². The van der Waals surface area contributed by atoms with E-state index in [2.05, 4.69) is 40.4 Å². The number of rotatable bonds is 8. The molecular weight excluding hydrogens is 593 g/mol. The largest absolute Gasteiger partial charge is 0.416 e. The van der Waals surface area contributed by atoms with Gasteiger partial charge >= 0.3 is 6.18 Å². The van der Waals surface area contributed by atoms with Crippen LogP contribution in [-0.2, 0) is 12.7 Å². The van der Waals surface area contributed by atoms with Gasteiger partial charge in [-0.3, -0.25) is 9.69 Å². The molecule has 1 aliphatic rings. The SMILES string of the molecule is Cc1ccc(NC(=O)c2ccc(CN3C[C@@H](N(C)C)C[C@H]3C)c(C(F)(F)F)c2)cc1Nc1nccc(-c2cncnc2)n1.Cl. The molecular formula is C31H34ClF3N8O. The number of anilines is 3. The Labute approximate surface area is 260 Å². The minimum absolute atomic E-state index is 0. The maximum Gasteiger partial charge on any atom is 0.416 e. The van der Waals surface area contributed by atoms with Crippen molar-refractivity contribution < 1.29 is 18.0 Å². The number of benzene rings is 2. The summed E-state index contributed by atoms with van der Waals surface area (Å²) in [5.74, 6) is -0.320. The van der Waals surface area contributed by atoms with Crippen LogP contribution in [0, 0.1) is 6.92 Å². The summed E-state index contributed by atoms with van der Waals surface area (Å²) in [4.78, 5) is 34.1. The molecule has 1 saturated heterocycles. The number of carbonyl (C=O) groups is 1. The molecule has 5 rings (SSSR count). The Balaban J connectivity index is 0.00000442. The van der Waals surface area contributed by atoms with Gasteiger partial charge in [0.05, 0.1) is 11.3 Å². The number of carbonyl (C=O) groups excluding carboxylic acids is 1. The Morgan fingerprint density at radius 1 is 1.09 bits per heavy atom. The van der Waals surface area contributed by atoms with Crippen molar-refractivity contribution in [3.05, 3.63) is 89.6 Å². The van der Waals surface area contributed by atoms with Gasteiger partial charge in [-0.2, -0.15) is 13.2 Å². The Kier molecular flexibility index (Phi) is 10.2. The summed E-state index contributed by atoms with van der Waals surface area (Å²) >= 11 is 0. The van der Waals surface area contributed by atoms with Crippen molar-refractivity contribution in [1.29, 1.82) is 0 Å². The molecule has 0 unspecified atom stereocenters. The Hall–Kier alpha value is -4.13. The minimum atomic E-state index is -4.60. The van der Waals surface area contributed by atoms with E-state index in [0.29, 0.717) is 29.6 Å². The third kappa shape index (κ3) is 7.68. The molecule has 13 heteroatoms. The van der Waals surface area contributed by atoms with Crippen LogP contribution in [0.1, 0.15) is 40.4 Å². The number of hydrogen-bond acceptors (Lipinski definition) is 8. The first-order valence-electron chi connectivity index (χ1n) is 13.9. The van der Waals surface area contributed by atoms with Gasteiger partial charge in [-0.05, 0) is 75.8 Å². The fraction of sp³-hybridized carbons (Fsp3) is 0.323. The Morgan fingerprint density at radius 3 is 2.52 bits per heavy atom. The highest BCUT2D eigenvalue weighted by atomic mass is 35.5. The Morgan fingerprint density at radius 2 is 1.84 bits per heavy atom. The fourth-order valence-electron chi connectivity index (χ4n) is 5.17. The molecule has 0 aliphatic carbocycles. The number of likely N-dealkylation sites (N-methyl/N-ethyl adjacent to an activating group) is 1. The predicted molar refractivity (Wildman–Crippen MR) is 166 cm³/mol. The molecule has 9 nitrogen and oxygen atoms in total. The molecule has 2 atom stereocenters. The molecule has 0 bridgehead atoms. The number of nitrogens with one attached hydrogen (secondary N) is 2. The van der Waals surface area contributed by atoms with Crippen molar-refractivity contribution >= 4 is 35.6 Å². The highest BCUT2D eigenvalue weighted by Crippen LogP contribution is 2.35. The molecule has 232 valence electrons. The highest BCUT2D eigenvalue weighted by molar-refractivity contribution is 6.04. The maximum absolute atomic E-state index is 14.2. The van der Waals surface area contributed by atoms with E-state index < -0.39 is 17.6 Å². The van der Waals surface area contributed by atoms with Gasteiger partial charge in [-0.15, -0.1) is 12.4 Å². The van der Waals surface area contributed by atoms with Crippen LogP contribution in [-0.4, -0.2) is 68.4 Å². The molecule has 0 saturated carbocycles. The summed E-state index contributed by atoms with van der Waals surface area (Å²) in [5.41, 5.74) is 2.52. The minimum Gasteiger partial charge on any atom is -0.324 e.